The molecule has 234 valence electrons. The van der Waals surface area contributed by atoms with Gasteiger partial charge in [-0.2, -0.15) is 0 Å². The summed E-state index contributed by atoms with van der Waals surface area (Å²) in [4.78, 5) is 33.5. The van der Waals surface area contributed by atoms with E-state index in [-0.39, 0.29) is 34.3 Å². The van der Waals surface area contributed by atoms with E-state index < -0.39 is 23.0 Å². The first-order chi connectivity index (χ1) is 21.9. The van der Waals surface area contributed by atoms with E-state index in [9.17, 15) is 14.0 Å². The molecule has 2 aliphatic heterocycles. The summed E-state index contributed by atoms with van der Waals surface area (Å²) in [5.74, 6) is -0.857. The van der Waals surface area contributed by atoms with Crippen LogP contribution in [0.4, 0.5) is 14.6 Å². The van der Waals surface area contributed by atoms with Crippen molar-refractivity contribution in [3.63, 3.8) is 0 Å². The Labute approximate surface area is 263 Å². The number of nitrogens with zero attached hydrogens (tertiary/aromatic N) is 3. The minimum atomic E-state index is -0.702. The fourth-order valence-electron chi connectivity index (χ4n) is 5.39. The fraction of sp³-hybridized carbons (Fsp3) is 0.303. The first-order valence-electron chi connectivity index (χ1n) is 14.7. The fourth-order valence-corrected chi connectivity index (χ4v) is 5.61. The largest absolute Gasteiger partial charge is 0.492 e. The van der Waals surface area contributed by atoms with Gasteiger partial charge in [0.15, 0.2) is 23.1 Å². The summed E-state index contributed by atoms with van der Waals surface area (Å²) in [6, 6.07) is 11.1. The van der Waals surface area contributed by atoms with Crippen molar-refractivity contribution in [2.45, 2.75) is 19.3 Å². The standard InChI is InChI=1S/C33H31ClF2N4O5/c34-30-28(8-11-38-32(30)37-10-1-12-39-13-16-43-17-14-39)45-27-7-2-21(18-25(27)36)19-26(41)29-31-22(9-15-44-31)20-40(33(29)42)24-5-3-23(35)4-6-24/h2-8,11,18,20H,1,9-10,12-17,19H2,(H,37,38). The Morgan fingerprint density at radius 1 is 1.04 bits per heavy atom. The second kappa shape index (κ2) is 13.8. The van der Waals surface area contributed by atoms with Gasteiger partial charge in [0.25, 0.3) is 5.56 Å². The van der Waals surface area contributed by atoms with Gasteiger partial charge < -0.3 is 19.5 Å². The smallest absolute Gasteiger partial charge is 0.269 e. The molecule has 0 unspecified atom stereocenters. The van der Waals surface area contributed by atoms with Crippen LogP contribution in [-0.2, 0) is 17.6 Å². The molecule has 0 bridgehead atoms. The molecule has 1 saturated heterocycles. The Kier molecular flexibility index (Phi) is 9.39. The molecule has 4 aromatic rings. The predicted octanol–water partition coefficient (Wildman–Crippen LogP) is 5.45. The Morgan fingerprint density at radius 3 is 2.62 bits per heavy atom. The van der Waals surface area contributed by atoms with Crippen molar-refractivity contribution in [1.82, 2.24) is 14.5 Å². The molecule has 4 heterocycles. The SMILES string of the molecule is O=C(Cc1ccc(Oc2ccnc(NCCCN3CCOCC3)c2Cl)c(F)c1)c1c2c(cn(-c3ccc(F)cc3)c1=O)CCO2. The van der Waals surface area contributed by atoms with Crippen LogP contribution in [0, 0.1) is 11.6 Å². The van der Waals surface area contributed by atoms with Gasteiger partial charge in [-0.3, -0.25) is 19.1 Å². The van der Waals surface area contributed by atoms with Crippen LogP contribution in [0.15, 0.2) is 65.7 Å². The third-order valence-corrected chi connectivity index (χ3v) is 8.08. The molecule has 0 radical (unpaired) electrons. The number of carbonyl (C=O) groups is 1. The molecule has 45 heavy (non-hydrogen) atoms. The Morgan fingerprint density at radius 2 is 1.84 bits per heavy atom. The number of ketones is 1. The van der Waals surface area contributed by atoms with Crippen LogP contribution in [0.25, 0.3) is 5.69 Å². The third-order valence-electron chi connectivity index (χ3n) is 7.72. The lowest BCUT2D eigenvalue weighted by atomic mass is 10.0. The normalized spacial score (nSPS) is 14.6. The van der Waals surface area contributed by atoms with Crippen molar-refractivity contribution in [3.8, 4) is 22.9 Å². The monoisotopic (exact) mass is 636 g/mol. The van der Waals surface area contributed by atoms with Gasteiger partial charge in [-0.15, -0.1) is 0 Å². The zero-order chi connectivity index (χ0) is 31.3. The van der Waals surface area contributed by atoms with Gasteiger partial charge in [0, 0.05) is 62.2 Å². The molecule has 0 spiro atoms. The lowest BCUT2D eigenvalue weighted by Crippen LogP contribution is -2.37. The van der Waals surface area contributed by atoms with Crippen LogP contribution in [0.5, 0.6) is 17.2 Å². The van der Waals surface area contributed by atoms with Gasteiger partial charge in [-0.25, -0.2) is 13.8 Å². The second-order valence-electron chi connectivity index (χ2n) is 10.8. The van der Waals surface area contributed by atoms with Crippen LogP contribution in [0.3, 0.4) is 0 Å². The molecule has 1 N–H and O–H groups in total. The van der Waals surface area contributed by atoms with Crippen molar-refractivity contribution >= 4 is 23.2 Å². The lowest BCUT2D eigenvalue weighted by molar-refractivity contribution is 0.0378. The minimum Gasteiger partial charge on any atom is -0.492 e. The number of anilines is 1. The summed E-state index contributed by atoms with van der Waals surface area (Å²) in [7, 11) is 0. The number of fused-ring (bicyclic) bond motifs is 1. The summed E-state index contributed by atoms with van der Waals surface area (Å²) < 4.78 is 46.8. The molecule has 9 nitrogen and oxygen atoms in total. The summed E-state index contributed by atoms with van der Waals surface area (Å²) in [5, 5.41) is 3.43. The zero-order valence-corrected chi connectivity index (χ0v) is 25.1. The zero-order valence-electron chi connectivity index (χ0n) is 24.4. The molecule has 1 fully saturated rings. The maximum Gasteiger partial charge on any atom is 0.269 e. The molecule has 2 aliphatic rings. The highest BCUT2D eigenvalue weighted by Crippen LogP contribution is 2.35. The number of nitrogens with one attached hydrogen (secondary N) is 1. The van der Waals surface area contributed by atoms with E-state index in [0.717, 1.165) is 39.3 Å². The summed E-state index contributed by atoms with van der Waals surface area (Å²) >= 11 is 6.53. The molecule has 0 amide bonds. The number of pyridine rings is 2. The van der Waals surface area contributed by atoms with Gasteiger partial charge >= 0.3 is 0 Å². The highest BCUT2D eigenvalue weighted by molar-refractivity contribution is 6.34. The number of halogens is 3. The molecular formula is C33H31ClF2N4O5. The number of carbonyl (C=O) groups excluding carboxylic acids is 1. The molecular weight excluding hydrogens is 606 g/mol. The van der Waals surface area contributed by atoms with Gasteiger partial charge in [0.1, 0.15) is 28.0 Å². The van der Waals surface area contributed by atoms with Crippen molar-refractivity contribution in [2.75, 3.05) is 51.3 Å². The lowest BCUT2D eigenvalue weighted by Gasteiger charge is -2.26. The predicted molar refractivity (Wildman–Crippen MR) is 165 cm³/mol. The molecule has 2 aromatic carbocycles. The molecule has 0 atom stereocenters. The number of aromatic nitrogens is 2. The Bertz CT molecular complexity index is 1760. The number of hydrogen-bond acceptors (Lipinski definition) is 8. The molecule has 6 rings (SSSR count). The Balaban J connectivity index is 1.14. The average Bonchev–Trinajstić information content (AvgIpc) is 3.51. The number of hydrogen-bond donors (Lipinski definition) is 1. The van der Waals surface area contributed by atoms with E-state index in [2.05, 4.69) is 15.2 Å². The van der Waals surface area contributed by atoms with Crippen molar-refractivity contribution in [3.05, 3.63) is 105 Å². The number of ether oxygens (including phenoxy) is 3. The minimum absolute atomic E-state index is 0.0832. The first kappa shape index (κ1) is 30.7. The van der Waals surface area contributed by atoms with Gasteiger partial charge in [-0.05, 0) is 54.9 Å². The molecule has 2 aromatic heterocycles. The summed E-state index contributed by atoms with van der Waals surface area (Å²) in [6.07, 6.45) is 4.29. The quantitative estimate of drug-likeness (QED) is 0.172. The van der Waals surface area contributed by atoms with Gasteiger partial charge in [0.2, 0.25) is 0 Å². The van der Waals surface area contributed by atoms with E-state index in [1.54, 1.807) is 18.3 Å². The van der Waals surface area contributed by atoms with Crippen LogP contribution in [-0.4, -0.2) is 66.2 Å². The second-order valence-corrected chi connectivity index (χ2v) is 11.2. The van der Waals surface area contributed by atoms with Crippen LogP contribution >= 0.6 is 11.6 Å². The molecule has 12 heteroatoms. The highest BCUT2D eigenvalue weighted by atomic mass is 35.5. The molecule has 0 saturated carbocycles. The topological polar surface area (TPSA) is 94.9 Å². The maximum absolute atomic E-state index is 15.2. The van der Waals surface area contributed by atoms with Crippen molar-refractivity contribution in [2.24, 2.45) is 0 Å². The van der Waals surface area contributed by atoms with Crippen molar-refractivity contribution < 1.29 is 27.8 Å². The van der Waals surface area contributed by atoms with E-state index in [1.165, 1.54) is 47.2 Å². The maximum atomic E-state index is 15.2. The first-order valence-corrected chi connectivity index (χ1v) is 15.1. The number of rotatable bonds is 11. The number of benzene rings is 2. The van der Waals surface area contributed by atoms with E-state index >= 15 is 4.39 Å². The van der Waals surface area contributed by atoms with E-state index in [0.29, 0.717) is 42.2 Å². The van der Waals surface area contributed by atoms with Crippen LogP contribution in [0.2, 0.25) is 5.02 Å². The van der Waals surface area contributed by atoms with E-state index in [1.807, 2.05) is 0 Å². The Hall–Kier alpha value is -4.32. The summed E-state index contributed by atoms with van der Waals surface area (Å²) in [6.45, 7) is 5.23. The van der Waals surface area contributed by atoms with E-state index in [4.69, 9.17) is 25.8 Å². The van der Waals surface area contributed by atoms with Gasteiger partial charge in [0.05, 0.1) is 19.8 Å². The van der Waals surface area contributed by atoms with Crippen LogP contribution < -0.4 is 20.3 Å². The highest BCUT2D eigenvalue weighted by Gasteiger charge is 2.27. The molecule has 0 aliphatic carbocycles. The number of Topliss-reactive ketones (excluding diaryl/α,β-unsaturated/α-hetero) is 1. The van der Waals surface area contributed by atoms with Crippen molar-refractivity contribution in [1.29, 1.82) is 0 Å². The van der Waals surface area contributed by atoms with Gasteiger partial charge in [-0.1, -0.05) is 17.7 Å². The average molecular weight is 637 g/mol. The van der Waals surface area contributed by atoms with Crippen LogP contribution in [0.1, 0.15) is 27.9 Å². The summed E-state index contributed by atoms with van der Waals surface area (Å²) in [5.41, 5.74) is 0.738. The third kappa shape index (κ3) is 7.00. The number of morpholine rings is 1.